The molecule has 0 atom stereocenters. The number of pyridine rings is 1. The van der Waals surface area contributed by atoms with Crippen LogP contribution in [0.1, 0.15) is 5.56 Å². The maximum absolute atomic E-state index is 14.0. The van der Waals surface area contributed by atoms with Gasteiger partial charge in [-0.1, -0.05) is 23.7 Å². The summed E-state index contributed by atoms with van der Waals surface area (Å²) in [5, 5.41) is 1.56. The summed E-state index contributed by atoms with van der Waals surface area (Å²) in [6.45, 7) is 4.02. The number of rotatable bonds is 4. The number of fused-ring (bicyclic) bond motifs is 1. The van der Waals surface area contributed by atoms with Gasteiger partial charge in [0.1, 0.15) is 16.7 Å². The zero-order chi connectivity index (χ0) is 18.8. The first-order chi connectivity index (χ1) is 13.1. The molecule has 140 valence electrons. The fourth-order valence-corrected chi connectivity index (χ4v) is 3.71. The van der Waals surface area contributed by atoms with Crippen molar-refractivity contribution >= 4 is 28.2 Å². The fourth-order valence-electron chi connectivity index (χ4n) is 3.50. The van der Waals surface area contributed by atoms with Crippen molar-refractivity contribution in [2.75, 3.05) is 38.2 Å². The maximum atomic E-state index is 14.0. The average molecular weight is 386 g/mol. The summed E-state index contributed by atoms with van der Waals surface area (Å²) in [5.41, 5.74) is 2.51. The van der Waals surface area contributed by atoms with Crippen LogP contribution in [0.4, 0.5) is 10.1 Å². The van der Waals surface area contributed by atoms with Gasteiger partial charge in [0, 0.05) is 49.7 Å². The van der Waals surface area contributed by atoms with Gasteiger partial charge < -0.3 is 9.64 Å². The Morgan fingerprint density at radius 2 is 1.85 bits per heavy atom. The monoisotopic (exact) mass is 385 g/mol. The van der Waals surface area contributed by atoms with E-state index in [0.29, 0.717) is 10.8 Å². The van der Waals surface area contributed by atoms with Crippen LogP contribution in [0.5, 0.6) is 5.75 Å². The molecule has 1 aliphatic heterocycles. The number of hydrogen-bond acceptors (Lipinski definition) is 4. The molecule has 0 spiro atoms. The van der Waals surface area contributed by atoms with Crippen molar-refractivity contribution in [3.8, 4) is 5.75 Å². The predicted molar refractivity (Wildman–Crippen MR) is 107 cm³/mol. The van der Waals surface area contributed by atoms with E-state index in [1.54, 1.807) is 13.2 Å². The third-order valence-electron chi connectivity index (χ3n) is 5.01. The number of hydrogen-bond donors (Lipinski definition) is 0. The molecular weight excluding hydrogens is 365 g/mol. The Morgan fingerprint density at radius 3 is 2.59 bits per heavy atom. The van der Waals surface area contributed by atoms with Gasteiger partial charge in [-0.15, -0.1) is 0 Å². The second-order valence-electron chi connectivity index (χ2n) is 6.71. The summed E-state index contributed by atoms with van der Waals surface area (Å²) in [4.78, 5) is 8.95. The average Bonchev–Trinajstić information content (AvgIpc) is 2.69. The minimum absolute atomic E-state index is 0.164. The first-order valence-corrected chi connectivity index (χ1v) is 9.37. The van der Waals surface area contributed by atoms with Crippen LogP contribution in [0.2, 0.25) is 5.15 Å². The molecule has 2 aromatic carbocycles. The lowest BCUT2D eigenvalue weighted by Gasteiger charge is -2.36. The molecule has 1 aliphatic rings. The number of anilines is 1. The molecular formula is C21H21ClFN3O. The van der Waals surface area contributed by atoms with E-state index >= 15 is 0 Å². The molecule has 1 fully saturated rings. The predicted octanol–water partition coefficient (Wildman–Crippen LogP) is 4.36. The number of methoxy groups -OCH3 is 1. The molecule has 0 aliphatic carbocycles. The van der Waals surface area contributed by atoms with Gasteiger partial charge in [-0.2, -0.15) is 0 Å². The number of piperazine rings is 1. The SMILES string of the molecule is COc1ccc2cc(CN3CCN(c4ccccc4F)CC3)c(Cl)nc2c1. The Balaban J connectivity index is 1.46. The Labute approximate surface area is 163 Å². The summed E-state index contributed by atoms with van der Waals surface area (Å²) in [6.07, 6.45) is 0. The van der Waals surface area contributed by atoms with Crippen molar-refractivity contribution in [3.05, 3.63) is 65.1 Å². The van der Waals surface area contributed by atoms with Gasteiger partial charge in [0.15, 0.2) is 0 Å². The van der Waals surface area contributed by atoms with Crippen molar-refractivity contribution in [1.29, 1.82) is 0 Å². The third-order valence-corrected chi connectivity index (χ3v) is 5.34. The molecule has 27 heavy (non-hydrogen) atoms. The molecule has 2 heterocycles. The minimum Gasteiger partial charge on any atom is -0.497 e. The van der Waals surface area contributed by atoms with Gasteiger partial charge in [-0.25, -0.2) is 9.37 Å². The van der Waals surface area contributed by atoms with E-state index in [4.69, 9.17) is 16.3 Å². The van der Waals surface area contributed by atoms with E-state index in [1.165, 1.54) is 6.07 Å². The Kier molecular flexibility index (Phi) is 5.14. The molecule has 4 nitrogen and oxygen atoms in total. The largest absolute Gasteiger partial charge is 0.497 e. The highest BCUT2D eigenvalue weighted by atomic mass is 35.5. The molecule has 4 rings (SSSR count). The van der Waals surface area contributed by atoms with Crippen molar-refractivity contribution in [3.63, 3.8) is 0 Å². The van der Waals surface area contributed by atoms with Crippen LogP contribution in [0, 0.1) is 5.82 Å². The summed E-state index contributed by atoms with van der Waals surface area (Å²) < 4.78 is 19.2. The van der Waals surface area contributed by atoms with E-state index in [-0.39, 0.29) is 5.82 Å². The molecule has 0 saturated carbocycles. The lowest BCUT2D eigenvalue weighted by Crippen LogP contribution is -2.46. The standard InChI is InChI=1S/C21H21ClFN3O/c1-27-17-7-6-15-12-16(21(22)24-19(15)13-17)14-25-8-10-26(11-9-25)20-5-3-2-4-18(20)23/h2-7,12-13H,8-11,14H2,1H3. The Morgan fingerprint density at radius 1 is 1.07 bits per heavy atom. The lowest BCUT2D eigenvalue weighted by atomic mass is 10.1. The van der Waals surface area contributed by atoms with Gasteiger partial charge in [0.25, 0.3) is 0 Å². The first-order valence-electron chi connectivity index (χ1n) is 8.99. The van der Waals surface area contributed by atoms with Crippen molar-refractivity contribution < 1.29 is 9.13 Å². The number of benzene rings is 2. The number of halogens is 2. The normalized spacial score (nSPS) is 15.3. The van der Waals surface area contributed by atoms with Crippen LogP contribution >= 0.6 is 11.6 Å². The zero-order valence-corrected chi connectivity index (χ0v) is 15.9. The number of ether oxygens (including phenoxy) is 1. The summed E-state index contributed by atoms with van der Waals surface area (Å²) in [7, 11) is 1.64. The van der Waals surface area contributed by atoms with Crippen LogP contribution in [-0.2, 0) is 6.54 Å². The van der Waals surface area contributed by atoms with Crippen molar-refractivity contribution in [1.82, 2.24) is 9.88 Å². The molecule has 0 bridgehead atoms. The van der Waals surface area contributed by atoms with Crippen LogP contribution in [-0.4, -0.2) is 43.2 Å². The van der Waals surface area contributed by atoms with Gasteiger partial charge in [0.05, 0.1) is 18.3 Å². The van der Waals surface area contributed by atoms with E-state index in [9.17, 15) is 4.39 Å². The zero-order valence-electron chi connectivity index (χ0n) is 15.2. The lowest BCUT2D eigenvalue weighted by molar-refractivity contribution is 0.249. The number of nitrogens with zero attached hydrogens (tertiary/aromatic N) is 3. The highest BCUT2D eigenvalue weighted by molar-refractivity contribution is 6.30. The van der Waals surface area contributed by atoms with Crippen LogP contribution < -0.4 is 9.64 Å². The van der Waals surface area contributed by atoms with Crippen molar-refractivity contribution in [2.45, 2.75) is 6.54 Å². The third kappa shape index (κ3) is 3.84. The Hall–Kier alpha value is -2.37. The second-order valence-corrected chi connectivity index (χ2v) is 7.07. The van der Waals surface area contributed by atoms with E-state index in [1.807, 2.05) is 30.3 Å². The first kappa shape index (κ1) is 18.0. The fraction of sp³-hybridized carbons (Fsp3) is 0.286. The molecule has 3 aromatic rings. The second kappa shape index (κ2) is 7.71. The number of para-hydroxylation sites is 1. The Bertz CT molecular complexity index is 957. The van der Waals surface area contributed by atoms with Gasteiger partial charge in [-0.05, 0) is 30.3 Å². The highest BCUT2D eigenvalue weighted by Crippen LogP contribution is 2.26. The summed E-state index contributed by atoms with van der Waals surface area (Å²) in [5.74, 6) is 0.603. The molecule has 1 aromatic heterocycles. The summed E-state index contributed by atoms with van der Waals surface area (Å²) in [6, 6.07) is 14.8. The van der Waals surface area contributed by atoms with Gasteiger partial charge >= 0.3 is 0 Å². The molecule has 0 unspecified atom stereocenters. The van der Waals surface area contributed by atoms with E-state index in [0.717, 1.165) is 54.9 Å². The molecule has 0 N–H and O–H groups in total. The summed E-state index contributed by atoms with van der Waals surface area (Å²) >= 11 is 6.42. The molecule has 6 heteroatoms. The van der Waals surface area contributed by atoms with Crippen molar-refractivity contribution in [2.24, 2.45) is 0 Å². The topological polar surface area (TPSA) is 28.6 Å². The van der Waals surface area contributed by atoms with Gasteiger partial charge in [0.2, 0.25) is 0 Å². The molecule has 1 saturated heterocycles. The van der Waals surface area contributed by atoms with Crippen LogP contribution in [0.15, 0.2) is 48.5 Å². The quantitative estimate of drug-likeness (QED) is 0.624. The molecule has 0 radical (unpaired) electrons. The van der Waals surface area contributed by atoms with Crippen LogP contribution in [0.3, 0.4) is 0 Å². The number of aromatic nitrogens is 1. The maximum Gasteiger partial charge on any atom is 0.146 e. The van der Waals surface area contributed by atoms with E-state index in [2.05, 4.69) is 20.9 Å². The molecule has 0 amide bonds. The smallest absolute Gasteiger partial charge is 0.146 e. The van der Waals surface area contributed by atoms with Crippen LogP contribution in [0.25, 0.3) is 10.9 Å². The van der Waals surface area contributed by atoms with E-state index < -0.39 is 0 Å². The highest BCUT2D eigenvalue weighted by Gasteiger charge is 2.20. The van der Waals surface area contributed by atoms with Gasteiger partial charge in [-0.3, -0.25) is 4.90 Å². The minimum atomic E-state index is -0.164.